The van der Waals surface area contributed by atoms with Crippen LogP contribution < -0.4 is 0 Å². The fourth-order valence-corrected chi connectivity index (χ4v) is 1.94. The average Bonchev–Trinajstić information content (AvgIpc) is 2.15. The van der Waals surface area contributed by atoms with Gasteiger partial charge in [0.25, 0.3) is 5.12 Å². The van der Waals surface area contributed by atoms with E-state index >= 15 is 0 Å². The normalized spacial score (nSPS) is 11.2. The van der Waals surface area contributed by atoms with Gasteiger partial charge in [-0.15, -0.1) is 0 Å². The summed E-state index contributed by atoms with van der Waals surface area (Å²) in [6.07, 6.45) is 0. The van der Waals surface area contributed by atoms with Gasteiger partial charge in [-0.2, -0.15) is 0 Å². The molecule has 0 bridgehead atoms. The predicted octanol–water partition coefficient (Wildman–Crippen LogP) is 3.58. The minimum atomic E-state index is -0.475. The molecule has 0 atom stereocenters. The van der Waals surface area contributed by atoms with Crippen molar-refractivity contribution >= 4 is 34.3 Å². The van der Waals surface area contributed by atoms with Gasteiger partial charge in [0.05, 0.1) is 0 Å². The number of hydrogen-bond acceptors (Lipinski definition) is 3. The van der Waals surface area contributed by atoms with Crippen molar-refractivity contribution in [3.05, 3.63) is 34.9 Å². The van der Waals surface area contributed by atoms with Gasteiger partial charge in [0, 0.05) is 15.3 Å². The van der Waals surface area contributed by atoms with Crippen LogP contribution in [0.15, 0.2) is 24.3 Å². The first-order chi connectivity index (χ1) is 7.29. The molecule has 0 saturated carbocycles. The number of hydrogen-bond donors (Lipinski definition) is 0. The molecule has 0 spiro atoms. The summed E-state index contributed by atoms with van der Waals surface area (Å²) in [7, 11) is 0. The van der Waals surface area contributed by atoms with Crippen LogP contribution in [0.4, 0.5) is 0 Å². The number of halogens is 1. The van der Waals surface area contributed by atoms with Crippen LogP contribution in [0.5, 0.6) is 0 Å². The fourth-order valence-electron chi connectivity index (χ4n) is 1.04. The van der Waals surface area contributed by atoms with Crippen molar-refractivity contribution in [3.8, 4) is 0 Å². The van der Waals surface area contributed by atoms with Crippen molar-refractivity contribution in [3.63, 3.8) is 0 Å². The van der Waals surface area contributed by atoms with Crippen molar-refractivity contribution in [1.29, 1.82) is 0 Å². The zero-order chi connectivity index (χ0) is 12.3. The molecule has 0 aliphatic rings. The van der Waals surface area contributed by atoms with E-state index in [2.05, 4.69) is 0 Å². The number of Topliss-reactive ketones (excluding diaryl/α,β-unsaturated/α-hetero) is 1. The highest BCUT2D eigenvalue weighted by Crippen LogP contribution is 2.25. The molecule has 0 saturated heterocycles. The van der Waals surface area contributed by atoms with Crippen LogP contribution in [0, 0.1) is 0 Å². The summed E-state index contributed by atoms with van der Waals surface area (Å²) in [6, 6.07) is 6.32. The van der Waals surface area contributed by atoms with Crippen LogP contribution in [0.1, 0.15) is 31.1 Å². The Bertz CT molecular complexity index is 404. The molecule has 0 radical (unpaired) electrons. The van der Waals surface area contributed by atoms with E-state index in [1.165, 1.54) is 0 Å². The van der Waals surface area contributed by atoms with Crippen LogP contribution in [0.3, 0.4) is 0 Å². The second-order valence-electron chi connectivity index (χ2n) is 4.34. The van der Waals surface area contributed by atoms with E-state index < -0.39 is 10.9 Å². The molecule has 0 unspecified atom stereocenters. The highest BCUT2D eigenvalue weighted by molar-refractivity contribution is 8.16. The zero-order valence-electron chi connectivity index (χ0n) is 9.41. The largest absolute Gasteiger partial charge is 0.284 e. The van der Waals surface area contributed by atoms with Crippen LogP contribution >= 0.6 is 23.4 Å². The SMILES string of the molecule is CC(C)(C)SC(=O)C(=O)c1ccc(Cl)cc1. The topological polar surface area (TPSA) is 34.1 Å². The zero-order valence-corrected chi connectivity index (χ0v) is 11.0. The first kappa shape index (κ1) is 13.3. The van der Waals surface area contributed by atoms with E-state index in [1.54, 1.807) is 24.3 Å². The molecule has 1 aromatic carbocycles. The van der Waals surface area contributed by atoms with Gasteiger partial charge in [-0.05, 0) is 24.3 Å². The molecule has 0 fully saturated rings. The molecule has 1 aromatic rings. The minimum absolute atomic E-state index is 0.251. The number of thioether (sulfide) groups is 1. The first-order valence-electron chi connectivity index (χ1n) is 4.83. The van der Waals surface area contributed by atoms with E-state index in [-0.39, 0.29) is 4.75 Å². The summed E-state index contributed by atoms with van der Waals surface area (Å²) >= 11 is 6.74. The van der Waals surface area contributed by atoms with Crippen molar-refractivity contribution < 1.29 is 9.59 Å². The molecule has 4 heteroatoms. The van der Waals surface area contributed by atoms with E-state index in [9.17, 15) is 9.59 Å². The third-order valence-electron chi connectivity index (χ3n) is 1.69. The average molecular weight is 257 g/mol. The molecule has 16 heavy (non-hydrogen) atoms. The van der Waals surface area contributed by atoms with E-state index in [1.807, 2.05) is 20.8 Å². The lowest BCUT2D eigenvalue weighted by molar-refractivity contribution is -0.107. The molecule has 0 aliphatic heterocycles. The van der Waals surface area contributed by atoms with E-state index in [4.69, 9.17) is 11.6 Å². The number of benzene rings is 1. The van der Waals surface area contributed by atoms with Gasteiger partial charge >= 0.3 is 0 Å². The van der Waals surface area contributed by atoms with Gasteiger partial charge in [-0.25, -0.2) is 0 Å². The minimum Gasteiger partial charge on any atom is -0.284 e. The van der Waals surface area contributed by atoms with Crippen molar-refractivity contribution in [2.24, 2.45) is 0 Å². The predicted molar refractivity (Wildman–Crippen MR) is 68.1 cm³/mol. The maximum absolute atomic E-state index is 11.7. The molecule has 0 aromatic heterocycles. The summed E-state index contributed by atoms with van der Waals surface area (Å²) in [4.78, 5) is 23.3. The third kappa shape index (κ3) is 3.99. The Morgan fingerprint density at radius 2 is 1.62 bits per heavy atom. The van der Waals surface area contributed by atoms with Crippen LogP contribution in [-0.2, 0) is 4.79 Å². The van der Waals surface area contributed by atoms with E-state index in [0.717, 1.165) is 11.8 Å². The molecule has 1 rings (SSSR count). The van der Waals surface area contributed by atoms with Crippen LogP contribution in [0.25, 0.3) is 0 Å². The summed E-state index contributed by atoms with van der Waals surface area (Å²) in [5.74, 6) is -0.475. The number of rotatable bonds is 2. The van der Waals surface area contributed by atoms with Crippen molar-refractivity contribution in [2.45, 2.75) is 25.5 Å². The quantitative estimate of drug-likeness (QED) is 0.599. The smallest absolute Gasteiger partial charge is 0.260 e. The number of carbonyl (C=O) groups is 2. The molecular formula is C12H13ClO2S. The van der Waals surface area contributed by atoms with Crippen molar-refractivity contribution in [2.75, 3.05) is 0 Å². The lowest BCUT2D eigenvalue weighted by atomic mass is 10.1. The number of carbonyl (C=O) groups excluding carboxylic acids is 2. The third-order valence-corrected chi connectivity index (χ3v) is 2.93. The maximum Gasteiger partial charge on any atom is 0.260 e. The molecule has 0 aliphatic carbocycles. The molecular weight excluding hydrogens is 244 g/mol. The van der Waals surface area contributed by atoms with Crippen LogP contribution in [0.2, 0.25) is 5.02 Å². The Morgan fingerprint density at radius 3 is 2.06 bits per heavy atom. The van der Waals surface area contributed by atoms with Crippen LogP contribution in [-0.4, -0.2) is 15.6 Å². The van der Waals surface area contributed by atoms with E-state index in [0.29, 0.717) is 10.6 Å². The molecule has 0 N–H and O–H groups in total. The lowest BCUT2D eigenvalue weighted by Crippen LogP contribution is -2.18. The monoisotopic (exact) mass is 256 g/mol. The van der Waals surface area contributed by atoms with Gasteiger partial charge in [-0.1, -0.05) is 44.1 Å². The Morgan fingerprint density at radius 1 is 1.12 bits per heavy atom. The summed E-state index contributed by atoms with van der Waals surface area (Å²) in [6.45, 7) is 5.68. The highest BCUT2D eigenvalue weighted by atomic mass is 35.5. The summed E-state index contributed by atoms with van der Waals surface area (Å²) < 4.78 is -0.251. The van der Waals surface area contributed by atoms with Gasteiger partial charge < -0.3 is 0 Å². The maximum atomic E-state index is 11.7. The Balaban J connectivity index is 2.79. The molecule has 0 heterocycles. The fraction of sp³-hybridized carbons (Fsp3) is 0.333. The van der Waals surface area contributed by atoms with Gasteiger partial charge in [0.15, 0.2) is 0 Å². The van der Waals surface area contributed by atoms with Gasteiger partial charge in [0.2, 0.25) is 5.78 Å². The molecule has 0 amide bonds. The van der Waals surface area contributed by atoms with Crippen molar-refractivity contribution in [1.82, 2.24) is 0 Å². The van der Waals surface area contributed by atoms with Gasteiger partial charge in [-0.3, -0.25) is 9.59 Å². The second-order valence-corrected chi connectivity index (χ2v) is 6.57. The number of ketones is 1. The van der Waals surface area contributed by atoms with Gasteiger partial charge in [0.1, 0.15) is 0 Å². The molecule has 86 valence electrons. The highest BCUT2D eigenvalue weighted by Gasteiger charge is 2.23. The first-order valence-corrected chi connectivity index (χ1v) is 6.02. The summed E-state index contributed by atoms with van der Waals surface area (Å²) in [5, 5.41) is 0.113. The standard InChI is InChI=1S/C12H13ClO2S/c1-12(2,3)16-11(15)10(14)8-4-6-9(13)7-5-8/h4-7H,1-3H3. The molecule has 2 nitrogen and oxygen atoms in total. The Labute approximate surface area is 104 Å². The lowest BCUT2D eigenvalue weighted by Gasteiger charge is -2.15. The second kappa shape index (κ2) is 5.02. The Kier molecular flexibility index (Phi) is 4.16. The Hall–Kier alpha value is -0.800. The summed E-state index contributed by atoms with van der Waals surface area (Å²) in [5.41, 5.74) is 0.381.